The van der Waals surface area contributed by atoms with E-state index in [4.69, 9.17) is 4.74 Å². The lowest BCUT2D eigenvalue weighted by atomic mass is 9.69. The average Bonchev–Trinajstić information content (AvgIpc) is 2.68. The molecule has 1 saturated heterocycles. The highest BCUT2D eigenvalue weighted by molar-refractivity contribution is 5.74. The molecular weight excluding hydrogens is 340 g/mol. The lowest BCUT2D eigenvalue weighted by Gasteiger charge is -2.42. The number of methoxy groups -OCH3 is 1. The van der Waals surface area contributed by atoms with Crippen LogP contribution in [0.25, 0.3) is 0 Å². The molecule has 1 aromatic rings. The maximum Gasteiger partial charge on any atom is 0.317 e. The quantitative estimate of drug-likeness (QED) is 0.734. The van der Waals surface area contributed by atoms with E-state index in [1.165, 1.54) is 12.0 Å². The Morgan fingerprint density at radius 2 is 2.00 bits per heavy atom. The molecule has 0 radical (unpaired) electrons. The minimum absolute atomic E-state index is 0.0367. The Hall–Kier alpha value is -1.59. The highest BCUT2D eigenvalue weighted by Crippen LogP contribution is 2.40. The molecule has 2 amide bonds. The van der Waals surface area contributed by atoms with Crippen molar-refractivity contribution in [3.63, 3.8) is 0 Å². The zero-order chi connectivity index (χ0) is 19.1. The molecule has 1 saturated carbocycles. The number of rotatable bonds is 8. The Labute approximate surface area is 163 Å². The van der Waals surface area contributed by atoms with E-state index < -0.39 is 0 Å². The van der Waals surface area contributed by atoms with Gasteiger partial charge in [-0.25, -0.2) is 4.79 Å². The van der Waals surface area contributed by atoms with Crippen molar-refractivity contribution in [2.24, 2.45) is 11.3 Å². The summed E-state index contributed by atoms with van der Waals surface area (Å²) >= 11 is 0. The van der Waals surface area contributed by atoms with E-state index in [1.807, 2.05) is 23.1 Å². The second-order valence-corrected chi connectivity index (χ2v) is 8.36. The molecule has 27 heavy (non-hydrogen) atoms. The Morgan fingerprint density at radius 1 is 1.30 bits per heavy atom. The van der Waals surface area contributed by atoms with Crippen molar-refractivity contribution < 1.29 is 14.6 Å². The molecule has 0 aromatic heterocycles. The number of aliphatic hydroxyl groups is 1. The van der Waals surface area contributed by atoms with Crippen LogP contribution in [0.2, 0.25) is 0 Å². The fourth-order valence-corrected chi connectivity index (χ4v) is 4.41. The first kappa shape index (κ1) is 20.2. The van der Waals surface area contributed by atoms with Crippen LogP contribution in [-0.4, -0.2) is 55.5 Å². The molecular formula is C22H34N2O3. The highest BCUT2D eigenvalue weighted by atomic mass is 16.5. The van der Waals surface area contributed by atoms with Crippen molar-refractivity contribution in [1.82, 2.24) is 10.2 Å². The van der Waals surface area contributed by atoms with Crippen LogP contribution in [0, 0.1) is 11.3 Å². The van der Waals surface area contributed by atoms with E-state index in [0.29, 0.717) is 12.5 Å². The van der Waals surface area contributed by atoms with Crippen molar-refractivity contribution in [3.05, 3.63) is 35.9 Å². The van der Waals surface area contributed by atoms with Gasteiger partial charge < -0.3 is 20.1 Å². The van der Waals surface area contributed by atoms with Crippen LogP contribution >= 0.6 is 0 Å². The van der Waals surface area contributed by atoms with Crippen molar-refractivity contribution in [1.29, 1.82) is 0 Å². The number of carbonyl (C=O) groups excluding carboxylic acids is 1. The Morgan fingerprint density at radius 3 is 2.59 bits per heavy atom. The van der Waals surface area contributed by atoms with E-state index in [9.17, 15) is 9.90 Å². The number of likely N-dealkylation sites (tertiary alicyclic amines) is 1. The van der Waals surface area contributed by atoms with Crippen molar-refractivity contribution in [2.45, 2.75) is 51.0 Å². The molecule has 5 nitrogen and oxygen atoms in total. The van der Waals surface area contributed by atoms with E-state index in [0.717, 1.165) is 58.2 Å². The minimum Gasteiger partial charge on any atom is -0.393 e. The first-order chi connectivity index (χ1) is 13.1. The second kappa shape index (κ2) is 9.56. The third-order valence-electron chi connectivity index (χ3n) is 6.42. The summed E-state index contributed by atoms with van der Waals surface area (Å²) in [5, 5.41) is 13.7. The molecule has 150 valence electrons. The largest absolute Gasteiger partial charge is 0.393 e. The van der Waals surface area contributed by atoms with Crippen LogP contribution in [0.3, 0.4) is 0 Å². The smallest absolute Gasteiger partial charge is 0.317 e. The topological polar surface area (TPSA) is 61.8 Å². The van der Waals surface area contributed by atoms with Gasteiger partial charge in [0.1, 0.15) is 0 Å². The van der Waals surface area contributed by atoms with Crippen molar-refractivity contribution in [2.75, 3.05) is 33.4 Å². The molecule has 0 unspecified atom stereocenters. The molecule has 2 fully saturated rings. The first-order valence-corrected chi connectivity index (χ1v) is 10.4. The van der Waals surface area contributed by atoms with Crippen LogP contribution in [0.15, 0.2) is 30.3 Å². The van der Waals surface area contributed by atoms with Gasteiger partial charge >= 0.3 is 6.03 Å². The van der Waals surface area contributed by atoms with E-state index >= 15 is 0 Å². The van der Waals surface area contributed by atoms with Gasteiger partial charge in [0.25, 0.3) is 0 Å². The number of nitrogens with zero attached hydrogens (tertiary/aromatic N) is 1. The fraction of sp³-hybridized carbons (Fsp3) is 0.682. The molecule has 1 aromatic carbocycles. The van der Waals surface area contributed by atoms with Crippen molar-refractivity contribution >= 4 is 6.03 Å². The molecule has 3 rings (SSSR count). The number of hydrogen-bond acceptors (Lipinski definition) is 3. The molecule has 2 N–H and O–H groups in total. The van der Waals surface area contributed by atoms with Gasteiger partial charge in [0.05, 0.1) is 12.7 Å². The summed E-state index contributed by atoms with van der Waals surface area (Å²) in [5.74, 6) is 0.296. The molecule has 2 aliphatic rings. The lowest BCUT2D eigenvalue weighted by Crippen LogP contribution is -2.51. The monoisotopic (exact) mass is 374 g/mol. The summed E-state index contributed by atoms with van der Waals surface area (Å²) in [6.45, 7) is 2.90. The number of benzene rings is 1. The highest BCUT2D eigenvalue weighted by Gasteiger charge is 2.37. The predicted octanol–water partition coefficient (Wildman–Crippen LogP) is 3.22. The van der Waals surface area contributed by atoms with Gasteiger partial charge in [-0.15, -0.1) is 0 Å². The fourth-order valence-electron chi connectivity index (χ4n) is 4.41. The number of aliphatic hydroxyl groups excluding tert-OH is 1. The zero-order valence-corrected chi connectivity index (χ0v) is 16.5. The third kappa shape index (κ3) is 5.45. The summed E-state index contributed by atoms with van der Waals surface area (Å²) in [5.41, 5.74) is 1.42. The summed E-state index contributed by atoms with van der Waals surface area (Å²) in [6.07, 6.45) is 6.68. The Kier molecular flexibility index (Phi) is 7.13. The average molecular weight is 375 g/mol. The van der Waals surface area contributed by atoms with Gasteiger partial charge in [-0.3, -0.25) is 0 Å². The van der Waals surface area contributed by atoms with Gasteiger partial charge in [-0.1, -0.05) is 36.8 Å². The van der Waals surface area contributed by atoms with E-state index in [-0.39, 0.29) is 17.6 Å². The standard InChI is InChI=1S/C22H34N2O3/c1-27-17-22(12-5-13-22)16-23-21(26)24-14-10-19(11-15-24)20(25)9-8-18-6-3-2-4-7-18/h2-4,6-7,19-20,25H,5,8-17H2,1H3,(H,23,26)/t20-/m0/s1. The van der Waals surface area contributed by atoms with Gasteiger partial charge in [0.15, 0.2) is 0 Å². The molecule has 5 heteroatoms. The molecule has 1 aliphatic carbocycles. The normalized spacial score (nSPS) is 20.7. The SMILES string of the molecule is COCC1(CNC(=O)N2CCC([C@@H](O)CCc3ccccc3)CC2)CCC1. The van der Waals surface area contributed by atoms with Crippen LogP contribution in [0.5, 0.6) is 0 Å². The Balaban J connectivity index is 1.37. The molecule has 1 aliphatic heterocycles. The Bertz CT molecular complexity index is 580. The van der Waals surface area contributed by atoms with Gasteiger partial charge in [0, 0.05) is 32.2 Å². The van der Waals surface area contributed by atoms with Crippen molar-refractivity contribution in [3.8, 4) is 0 Å². The number of piperidine rings is 1. The van der Waals surface area contributed by atoms with Gasteiger partial charge in [-0.2, -0.15) is 0 Å². The van der Waals surface area contributed by atoms with Gasteiger partial charge in [0.2, 0.25) is 0 Å². The maximum absolute atomic E-state index is 12.5. The van der Waals surface area contributed by atoms with Crippen LogP contribution in [0.4, 0.5) is 4.79 Å². The molecule has 0 bridgehead atoms. The van der Waals surface area contributed by atoms with Crippen LogP contribution in [-0.2, 0) is 11.2 Å². The zero-order valence-electron chi connectivity index (χ0n) is 16.5. The molecule has 1 heterocycles. The van der Waals surface area contributed by atoms with Crippen LogP contribution in [0.1, 0.15) is 44.1 Å². The maximum atomic E-state index is 12.5. The van der Waals surface area contributed by atoms with E-state index in [1.54, 1.807) is 7.11 Å². The number of carbonyl (C=O) groups is 1. The van der Waals surface area contributed by atoms with E-state index in [2.05, 4.69) is 17.4 Å². The minimum atomic E-state index is -0.282. The number of aryl methyl sites for hydroxylation is 1. The number of hydrogen-bond donors (Lipinski definition) is 2. The summed E-state index contributed by atoms with van der Waals surface area (Å²) in [4.78, 5) is 14.4. The third-order valence-corrected chi connectivity index (χ3v) is 6.42. The molecule has 0 spiro atoms. The summed E-state index contributed by atoms with van der Waals surface area (Å²) in [7, 11) is 1.73. The van der Waals surface area contributed by atoms with Crippen LogP contribution < -0.4 is 5.32 Å². The van der Waals surface area contributed by atoms with Gasteiger partial charge in [-0.05, 0) is 50.0 Å². The lowest BCUT2D eigenvalue weighted by molar-refractivity contribution is 0.0180. The number of ether oxygens (including phenoxy) is 1. The number of amides is 2. The summed E-state index contributed by atoms with van der Waals surface area (Å²) < 4.78 is 5.33. The number of nitrogens with one attached hydrogen (secondary N) is 1. The molecule has 1 atom stereocenters. The first-order valence-electron chi connectivity index (χ1n) is 10.4. The summed E-state index contributed by atoms with van der Waals surface area (Å²) in [6, 6.07) is 10.4. The predicted molar refractivity (Wildman–Crippen MR) is 107 cm³/mol. The second-order valence-electron chi connectivity index (χ2n) is 8.36. The number of urea groups is 1.